The van der Waals surface area contributed by atoms with Crippen molar-refractivity contribution in [3.05, 3.63) is 59.8 Å². The molecule has 2 aromatic heterocycles. The van der Waals surface area contributed by atoms with Gasteiger partial charge in [-0.05, 0) is 32.0 Å². The van der Waals surface area contributed by atoms with E-state index in [0.717, 1.165) is 22.6 Å². The van der Waals surface area contributed by atoms with Crippen LogP contribution in [0.4, 0.5) is 0 Å². The lowest BCUT2D eigenvalue weighted by atomic mass is 10.1. The first-order valence-corrected chi connectivity index (χ1v) is 7.10. The summed E-state index contributed by atoms with van der Waals surface area (Å²) in [5.41, 5.74) is 4.72. The quantitative estimate of drug-likeness (QED) is 0.736. The Bertz CT molecular complexity index is 751. The van der Waals surface area contributed by atoms with Crippen LogP contribution in [0.3, 0.4) is 0 Å². The number of aryl methyl sites for hydroxylation is 2. The van der Waals surface area contributed by atoms with E-state index >= 15 is 0 Å². The van der Waals surface area contributed by atoms with Crippen LogP contribution in [-0.4, -0.2) is 22.1 Å². The van der Waals surface area contributed by atoms with Crippen LogP contribution < -0.4 is 4.74 Å². The number of hydrogen-bond donors (Lipinski definition) is 0. The normalized spacial score (nSPS) is 10.5. The van der Waals surface area contributed by atoms with Crippen molar-refractivity contribution in [2.24, 2.45) is 0 Å². The molecule has 0 saturated heterocycles. The van der Waals surface area contributed by atoms with Gasteiger partial charge in [0, 0.05) is 17.3 Å². The van der Waals surface area contributed by atoms with E-state index in [-0.39, 0.29) is 0 Å². The Morgan fingerprint density at radius 2 is 1.64 bits per heavy atom. The molecule has 0 radical (unpaired) electrons. The molecule has 22 heavy (non-hydrogen) atoms. The van der Waals surface area contributed by atoms with Gasteiger partial charge < -0.3 is 4.74 Å². The van der Waals surface area contributed by atoms with Gasteiger partial charge in [0.05, 0.1) is 12.8 Å². The minimum atomic E-state index is 0.532. The number of nitrogens with zero attached hydrogens (tertiary/aromatic N) is 3. The van der Waals surface area contributed by atoms with Crippen LogP contribution in [0.2, 0.25) is 0 Å². The van der Waals surface area contributed by atoms with E-state index in [1.807, 2.05) is 43.3 Å². The second-order valence-electron chi connectivity index (χ2n) is 5.15. The van der Waals surface area contributed by atoms with Crippen molar-refractivity contribution in [1.29, 1.82) is 0 Å². The fourth-order valence-electron chi connectivity index (χ4n) is 2.26. The molecule has 0 spiro atoms. The van der Waals surface area contributed by atoms with Crippen LogP contribution in [-0.2, 0) is 0 Å². The molecule has 0 amide bonds. The molecular weight excluding hydrogens is 274 g/mol. The first kappa shape index (κ1) is 14.2. The van der Waals surface area contributed by atoms with E-state index in [4.69, 9.17) is 4.74 Å². The van der Waals surface area contributed by atoms with E-state index in [1.165, 1.54) is 5.56 Å². The second-order valence-corrected chi connectivity index (χ2v) is 5.15. The largest absolute Gasteiger partial charge is 0.481 e. The average molecular weight is 291 g/mol. The monoisotopic (exact) mass is 291 g/mol. The Morgan fingerprint density at radius 3 is 2.36 bits per heavy atom. The zero-order chi connectivity index (χ0) is 15.5. The fraction of sp³-hybridized carbons (Fsp3) is 0.167. The Balaban J connectivity index is 2.14. The molecule has 0 aliphatic carbocycles. The third-order valence-corrected chi connectivity index (χ3v) is 3.34. The maximum absolute atomic E-state index is 5.32. The van der Waals surface area contributed by atoms with Crippen molar-refractivity contribution < 1.29 is 4.74 Å². The number of rotatable bonds is 3. The summed E-state index contributed by atoms with van der Waals surface area (Å²) in [6.07, 6.45) is 0. The number of aromatic nitrogens is 3. The number of pyridine rings is 1. The number of ether oxygens (including phenoxy) is 1. The number of hydrogen-bond acceptors (Lipinski definition) is 4. The molecule has 0 fully saturated rings. The summed E-state index contributed by atoms with van der Waals surface area (Å²) in [6.45, 7) is 4.01. The molecule has 4 heteroatoms. The van der Waals surface area contributed by atoms with Gasteiger partial charge in [0.25, 0.3) is 0 Å². The van der Waals surface area contributed by atoms with Gasteiger partial charge in [0.15, 0.2) is 5.82 Å². The van der Waals surface area contributed by atoms with Crippen LogP contribution in [0, 0.1) is 13.8 Å². The maximum Gasteiger partial charge on any atom is 0.217 e. The summed E-state index contributed by atoms with van der Waals surface area (Å²) in [6, 6.07) is 15.8. The minimum absolute atomic E-state index is 0.532. The molecule has 1 aromatic carbocycles. The van der Waals surface area contributed by atoms with Crippen molar-refractivity contribution in [1.82, 2.24) is 15.0 Å². The predicted molar refractivity (Wildman–Crippen MR) is 86.7 cm³/mol. The zero-order valence-electron chi connectivity index (χ0n) is 12.9. The minimum Gasteiger partial charge on any atom is -0.481 e. The van der Waals surface area contributed by atoms with Crippen LogP contribution in [0.5, 0.6) is 5.88 Å². The molecule has 0 atom stereocenters. The molecule has 0 saturated carbocycles. The fourth-order valence-corrected chi connectivity index (χ4v) is 2.26. The van der Waals surface area contributed by atoms with Crippen molar-refractivity contribution in [2.45, 2.75) is 13.8 Å². The van der Waals surface area contributed by atoms with E-state index in [9.17, 15) is 0 Å². The summed E-state index contributed by atoms with van der Waals surface area (Å²) >= 11 is 0. The smallest absolute Gasteiger partial charge is 0.217 e. The third-order valence-electron chi connectivity index (χ3n) is 3.34. The summed E-state index contributed by atoms with van der Waals surface area (Å²) in [5, 5.41) is 0. The van der Waals surface area contributed by atoms with Gasteiger partial charge in [-0.3, -0.25) is 0 Å². The van der Waals surface area contributed by atoms with Crippen molar-refractivity contribution >= 4 is 0 Å². The van der Waals surface area contributed by atoms with E-state index in [2.05, 4.69) is 34.0 Å². The zero-order valence-corrected chi connectivity index (χ0v) is 12.9. The molecule has 110 valence electrons. The van der Waals surface area contributed by atoms with Gasteiger partial charge in [-0.1, -0.05) is 29.8 Å². The Kier molecular flexibility index (Phi) is 3.83. The van der Waals surface area contributed by atoms with Crippen molar-refractivity contribution in [2.75, 3.05) is 7.11 Å². The molecule has 0 N–H and O–H groups in total. The van der Waals surface area contributed by atoms with Crippen LogP contribution in [0.25, 0.3) is 22.8 Å². The van der Waals surface area contributed by atoms with E-state index in [0.29, 0.717) is 11.7 Å². The molecule has 0 unspecified atom stereocenters. The summed E-state index contributed by atoms with van der Waals surface area (Å²) < 4.78 is 5.32. The molecule has 3 rings (SSSR count). The molecule has 0 aliphatic heterocycles. The lowest BCUT2D eigenvalue weighted by Gasteiger charge is -2.08. The molecule has 2 heterocycles. The predicted octanol–water partition coefficient (Wildman–Crippen LogP) is 3.83. The molecule has 3 aromatic rings. The van der Waals surface area contributed by atoms with Crippen LogP contribution >= 0.6 is 0 Å². The summed E-state index contributed by atoms with van der Waals surface area (Å²) in [4.78, 5) is 13.6. The van der Waals surface area contributed by atoms with Crippen LogP contribution in [0.1, 0.15) is 11.3 Å². The highest BCUT2D eigenvalue weighted by Gasteiger charge is 2.10. The van der Waals surface area contributed by atoms with Gasteiger partial charge in [0.1, 0.15) is 5.69 Å². The highest BCUT2D eigenvalue weighted by molar-refractivity contribution is 5.64. The molecule has 0 aliphatic rings. The molecule has 0 bridgehead atoms. The number of methoxy groups -OCH3 is 1. The van der Waals surface area contributed by atoms with E-state index in [1.54, 1.807) is 7.11 Å². The topological polar surface area (TPSA) is 47.9 Å². The van der Waals surface area contributed by atoms with Crippen LogP contribution in [0.15, 0.2) is 48.5 Å². The maximum atomic E-state index is 5.32. The van der Waals surface area contributed by atoms with Gasteiger partial charge >= 0.3 is 0 Å². The Labute approximate surface area is 129 Å². The third kappa shape index (κ3) is 2.96. The highest BCUT2D eigenvalue weighted by Crippen LogP contribution is 2.25. The van der Waals surface area contributed by atoms with Gasteiger partial charge in [-0.25, -0.2) is 9.97 Å². The number of benzene rings is 1. The molecule has 4 nitrogen and oxygen atoms in total. The van der Waals surface area contributed by atoms with Gasteiger partial charge in [0.2, 0.25) is 5.88 Å². The van der Waals surface area contributed by atoms with Gasteiger partial charge in [-0.2, -0.15) is 4.98 Å². The SMILES string of the molecule is COc1cc(-c2cccc(C)c2)nc(-c2cccc(C)n2)n1. The average Bonchev–Trinajstić information content (AvgIpc) is 2.54. The summed E-state index contributed by atoms with van der Waals surface area (Å²) in [5.74, 6) is 1.10. The Morgan fingerprint density at radius 1 is 0.818 bits per heavy atom. The van der Waals surface area contributed by atoms with Gasteiger partial charge in [-0.15, -0.1) is 0 Å². The second kappa shape index (κ2) is 5.93. The van der Waals surface area contributed by atoms with Crippen molar-refractivity contribution in [3.63, 3.8) is 0 Å². The highest BCUT2D eigenvalue weighted by atomic mass is 16.5. The lowest BCUT2D eigenvalue weighted by molar-refractivity contribution is 0.397. The molecular formula is C18H17N3O. The standard InChI is InChI=1S/C18H17N3O/c1-12-6-4-8-14(10-12)16-11-17(22-3)21-18(20-16)15-9-5-7-13(2)19-15/h4-11H,1-3H3. The summed E-state index contributed by atoms with van der Waals surface area (Å²) in [7, 11) is 1.61. The first-order chi connectivity index (χ1) is 10.7. The lowest BCUT2D eigenvalue weighted by Crippen LogP contribution is -1.98. The van der Waals surface area contributed by atoms with E-state index < -0.39 is 0 Å². The Hall–Kier alpha value is -2.75. The first-order valence-electron chi connectivity index (χ1n) is 7.10. The van der Waals surface area contributed by atoms with Crippen molar-refractivity contribution in [3.8, 4) is 28.7 Å².